The molecule has 0 amide bonds. The van der Waals surface area contributed by atoms with Crippen LogP contribution in [0.15, 0.2) is 18.3 Å². The standard InChI is InChI=1S/C15H22N4O/c1-10(2)20-14-7-6-8-16-15(14)17-9-13-11(3)18-19(5)12(13)4/h6-8,10H,9H2,1-5H3,(H,16,17). The van der Waals surface area contributed by atoms with Crippen LogP contribution < -0.4 is 10.1 Å². The number of aryl methyl sites for hydroxylation is 2. The molecule has 0 radical (unpaired) electrons. The molecule has 2 heterocycles. The lowest BCUT2D eigenvalue weighted by molar-refractivity contribution is 0.243. The van der Waals surface area contributed by atoms with Crippen LogP contribution in [0.2, 0.25) is 0 Å². The van der Waals surface area contributed by atoms with Crippen molar-refractivity contribution in [2.45, 2.75) is 40.3 Å². The second-order valence-corrected chi connectivity index (χ2v) is 5.14. The fourth-order valence-electron chi connectivity index (χ4n) is 2.12. The number of anilines is 1. The highest BCUT2D eigenvalue weighted by molar-refractivity contribution is 5.50. The van der Waals surface area contributed by atoms with E-state index in [9.17, 15) is 0 Å². The largest absolute Gasteiger partial charge is 0.487 e. The number of aromatic nitrogens is 3. The highest BCUT2D eigenvalue weighted by Gasteiger charge is 2.11. The highest BCUT2D eigenvalue weighted by atomic mass is 16.5. The zero-order chi connectivity index (χ0) is 14.7. The third-order valence-electron chi connectivity index (χ3n) is 3.22. The van der Waals surface area contributed by atoms with E-state index < -0.39 is 0 Å². The SMILES string of the molecule is Cc1nn(C)c(C)c1CNc1ncccc1OC(C)C. The Balaban J connectivity index is 2.15. The molecule has 0 aliphatic rings. The van der Waals surface area contributed by atoms with Crippen molar-refractivity contribution >= 4 is 5.82 Å². The van der Waals surface area contributed by atoms with E-state index in [1.54, 1.807) is 6.20 Å². The van der Waals surface area contributed by atoms with Gasteiger partial charge in [-0.05, 0) is 39.8 Å². The first kappa shape index (κ1) is 14.4. The van der Waals surface area contributed by atoms with Gasteiger partial charge in [0.05, 0.1) is 11.8 Å². The molecule has 2 aromatic heterocycles. The minimum Gasteiger partial charge on any atom is -0.487 e. The molecule has 0 aliphatic heterocycles. The van der Waals surface area contributed by atoms with Gasteiger partial charge in [0, 0.05) is 31.0 Å². The first-order valence-corrected chi connectivity index (χ1v) is 6.83. The topological polar surface area (TPSA) is 52.0 Å². The maximum absolute atomic E-state index is 5.75. The molecule has 0 bridgehead atoms. The Labute approximate surface area is 120 Å². The van der Waals surface area contributed by atoms with Crippen LogP contribution in [0.5, 0.6) is 5.75 Å². The maximum Gasteiger partial charge on any atom is 0.169 e. The Morgan fingerprint density at radius 1 is 1.35 bits per heavy atom. The van der Waals surface area contributed by atoms with Crippen LogP contribution in [-0.4, -0.2) is 20.9 Å². The molecule has 0 saturated heterocycles. The van der Waals surface area contributed by atoms with Crippen LogP contribution in [0.1, 0.15) is 30.8 Å². The van der Waals surface area contributed by atoms with Crippen molar-refractivity contribution in [1.29, 1.82) is 0 Å². The Kier molecular flexibility index (Phi) is 4.27. The van der Waals surface area contributed by atoms with Crippen molar-refractivity contribution in [3.8, 4) is 5.75 Å². The summed E-state index contributed by atoms with van der Waals surface area (Å²) >= 11 is 0. The van der Waals surface area contributed by atoms with Crippen LogP contribution in [-0.2, 0) is 13.6 Å². The fourth-order valence-corrected chi connectivity index (χ4v) is 2.12. The van der Waals surface area contributed by atoms with Gasteiger partial charge < -0.3 is 10.1 Å². The Bertz CT molecular complexity index is 590. The van der Waals surface area contributed by atoms with Crippen molar-refractivity contribution in [2.24, 2.45) is 7.05 Å². The molecule has 0 unspecified atom stereocenters. The lowest BCUT2D eigenvalue weighted by Gasteiger charge is -2.14. The van der Waals surface area contributed by atoms with E-state index in [-0.39, 0.29) is 6.10 Å². The predicted molar refractivity (Wildman–Crippen MR) is 80.0 cm³/mol. The molecular weight excluding hydrogens is 252 g/mol. The van der Waals surface area contributed by atoms with Crippen molar-refractivity contribution in [2.75, 3.05) is 5.32 Å². The molecule has 2 rings (SSSR count). The van der Waals surface area contributed by atoms with Gasteiger partial charge in [-0.3, -0.25) is 4.68 Å². The van der Waals surface area contributed by atoms with Gasteiger partial charge in [0.2, 0.25) is 0 Å². The summed E-state index contributed by atoms with van der Waals surface area (Å²) in [6.07, 6.45) is 1.89. The molecule has 108 valence electrons. The number of nitrogens with zero attached hydrogens (tertiary/aromatic N) is 3. The fraction of sp³-hybridized carbons (Fsp3) is 0.467. The number of ether oxygens (including phenoxy) is 1. The van der Waals surface area contributed by atoms with Gasteiger partial charge >= 0.3 is 0 Å². The number of hydrogen-bond donors (Lipinski definition) is 1. The summed E-state index contributed by atoms with van der Waals surface area (Å²) in [5, 5.41) is 7.76. The van der Waals surface area contributed by atoms with Crippen molar-refractivity contribution in [3.05, 3.63) is 35.3 Å². The molecule has 0 aromatic carbocycles. The first-order chi connectivity index (χ1) is 9.49. The Morgan fingerprint density at radius 2 is 2.10 bits per heavy atom. The zero-order valence-electron chi connectivity index (χ0n) is 12.8. The van der Waals surface area contributed by atoms with Crippen LogP contribution in [0, 0.1) is 13.8 Å². The lowest BCUT2D eigenvalue weighted by Crippen LogP contribution is -2.10. The van der Waals surface area contributed by atoms with Crippen molar-refractivity contribution < 1.29 is 4.74 Å². The number of nitrogens with one attached hydrogen (secondary N) is 1. The molecule has 5 heteroatoms. The molecule has 0 aliphatic carbocycles. The lowest BCUT2D eigenvalue weighted by atomic mass is 10.2. The highest BCUT2D eigenvalue weighted by Crippen LogP contribution is 2.23. The van der Waals surface area contributed by atoms with Crippen molar-refractivity contribution in [1.82, 2.24) is 14.8 Å². The normalized spacial score (nSPS) is 10.9. The average Bonchev–Trinajstić information content (AvgIpc) is 2.62. The quantitative estimate of drug-likeness (QED) is 0.911. The number of pyridine rings is 1. The maximum atomic E-state index is 5.75. The van der Waals surface area contributed by atoms with E-state index in [0.29, 0.717) is 6.54 Å². The molecule has 0 fully saturated rings. The monoisotopic (exact) mass is 274 g/mol. The molecule has 0 spiro atoms. The second-order valence-electron chi connectivity index (χ2n) is 5.14. The minimum absolute atomic E-state index is 0.126. The number of hydrogen-bond acceptors (Lipinski definition) is 4. The van der Waals surface area contributed by atoms with E-state index in [1.165, 1.54) is 5.56 Å². The van der Waals surface area contributed by atoms with Crippen molar-refractivity contribution in [3.63, 3.8) is 0 Å². The second kappa shape index (κ2) is 5.94. The molecule has 20 heavy (non-hydrogen) atoms. The third-order valence-corrected chi connectivity index (χ3v) is 3.22. The van der Waals surface area contributed by atoms with E-state index in [2.05, 4.69) is 22.3 Å². The molecule has 1 N–H and O–H groups in total. The molecule has 5 nitrogen and oxygen atoms in total. The first-order valence-electron chi connectivity index (χ1n) is 6.83. The zero-order valence-corrected chi connectivity index (χ0v) is 12.8. The summed E-state index contributed by atoms with van der Waals surface area (Å²) in [4.78, 5) is 4.35. The van der Waals surface area contributed by atoms with Crippen LogP contribution in [0.3, 0.4) is 0 Å². The Morgan fingerprint density at radius 3 is 2.70 bits per heavy atom. The number of rotatable bonds is 5. The minimum atomic E-state index is 0.126. The van der Waals surface area contributed by atoms with Gasteiger partial charge in [-0.2, -0.15) is 5.10 Å². The van der Waals surface area contributed by atoms with E-state index in [1.807, 2.05) is 44.6 Å². The summed E-state index contributed by atoms with van der Waals surface area (Å²) in [6.45, 7) is 8.80. The van der Waals surface area contributed by atoms with Crippen LogP contribution in [0.25, 0.3) is 0 Å². The summed E-state index contributed by atoms with van der Waals surface area (Å²) < 4.78 is 7.65. The third kappa shape index (κ3) is 3.10. The van der Waals surface area contributed by atoms with Gasteiger partial charge in [-0.15, -0.1) is 0 Å². The van der Waals surface area contributed by atoms with Gasteiger partial charge in [-0.25, -0.2) is 4.98 Å². The van der Waals surface area contributed by atoms with E-state index in [0.717, 1.165) is 23.0 Å². The van der Waals surface area contributed by atoms with Gasteiger partial charge in [0.15, 0.2) is 11.6 Å². The molecule has 2 aromatic rings. The Hall–Kier alpha value is -2.04. The molecule has 0 saturated carbocycles. The summed E-state index contributed by atoms with van der Waals surface area (Å²) in [5.41, 5.74) is 3.41. The summed E-state index contributed by atoms with van der Waals surface area (Å²) in [6, 6.07) is 3.81. The van der Waals surface area contributed by atoms with E-state index >= 15 is 0 Å². The van der Waals surface area contributed by atoms with Gasteiger partial charge in [0.25, 0.3) is 0 Å². The molecule has 0 atom stereocenters. The van der Waals surface area contributed by atoms with Crippen LogP contribution in [0.4, 0.5) is 5.82 Å². The smallest absolute Gasteiger partial charge is 0.169 e. The van der Waals surface area contributed by atoms with E-state index in [4.69, 9.17) is 4.74 Å². The predicted octanol–water partition coefficient (Wildman–Crippen LogP) is 2.83. The van der Waals surface area contributed by atoms with Gasteiger partial charge in [0.1, 0.15) is 0 Å². The summed E-state index contributed by atoms with van der Waals surface area (Å²) in [7, 11) is 1.96. The summed E-state index contributed by atoms with van der Waals surface area (Å²) in [5.74, 6) is 1.55. The average molecular weight is 274 g/mol. The molecular formula is C15H22N4O. The van der Waals surface area contributed by atoms with Gasteiger partial charge in [-0.1, -0.05) is 0 Å². The van der Waals surface area contributed by atoms with Crippen LogP contribution >= 0.6 is 0 Å².